The number of rotatable bonds is 3. The molecule has 3 aromatic rings. The molecule has 0 aliphatic rings. The van der Waals surface area contributed by atoms with Gasteiger partial charge in [0.2, 0.25) is 5.76 Å². The van der Waals surface area contributed by atoms with E-state index in [1.807, 2.05) is 0 Å². The molecular weight excluding hydrogens is 282 g/mol. The number of fused-ring (bicyclic) bond motifs is 1. The zero-order valence-electron chi connectivity index (χ0n) is 9.86. The monoisotopic (exact) mass is 289 g/mol. The van der Waals surface area contributed by atoms with Gasteiger partial charge in [-0.3, -0.25) is 4.79 Å². The van der Waals surface area contributed by atoms with Crippen molar-refractivity contribution in [2.24, 2.45) is 0 Å². The first kappa shape index (κ1) is 12.3. The molecule has 1 amide bonds. The maximum absolute atomic E-state index is 11.9. The maximum atomic E-state index is 11.9. The van der Waals surface area contributed by atoms with Gasteiger partial charge in [0.05, 0.1) is 15.7 Å². The number of carboxylic acids is 1. The summed E-state index contributed by atoms with van der Waals surface area (Å²) in [4.78, 5) is 26.7. The number of anilines is 1. The fourth-order valence-corrected chi connectivity index (χ4v) is 2.33. The number of hydrogen-bond acceptors (Lipinski definition) is 6. The summed E-state index contributed by atoms with van der Waals surface area (Å²) in [6.07, 6.45) is 0. The van der Waals surface area contributed by atoms with E-state index in [1.165, 1.54) is 11.3 Å². The highest BCUT2D eigenvalue weighted by atomic mass is 32.1. The highest BCUT2D eigenvalue weighted by molar-refractivity contribution is 7.16. The fraction of sp³-hybridized carbons (Fsp3) is 0. The van der Waals surface area contributed by atoms with Crippen molar-refractivity contribution in [3.8, 4) is 0 Å². The van der Waals surface area contributed by atoms with Crippen LogP contribution >= 0.6 is 11.3 Å². The van der Waals surface area contributed by atoms with E-state index in [0.717, 1.165) is 16.3 Å². The molecule has 20 heavy (non-hydrogen) atoms. The molecule has 2 heterocycles. The molecule has 7 nitrogen and oxygen atoms in total. The van der Waals surface area contributed by atoms with Crippen molar-refractivity contribution >= 4 is 39.1 Å². The van der Waals surface area contributed by atoms with Crippen LogP contribution in [0.25, 0.3) is 10.2 Å². The molecule has 2 aromatic heterocycles. The second-order valence-electron chi connectivity index (χ2n) is 3.87. The molecule has 0 fully saturated rings. The minimum absolute atomic E-state index is 0.0909. The van der Waals surface area contributed by atoms with Gasteiger partial charge in [0.1, 0.15) is 0 Å². The Morgan fingerprint density at radius 1 is 1.30 bits per heavy atom. The summed E-state index contributed by atoms with van der Waals surface area (Å²) in [5.74, 6) is -2.19. The van der Waals surface area contributed by atoms with E-state index in [1.54, 1.807) is 23.7 Å². The first-order valence-corrected chi connectivity index (χ1v) is 6.36. The SMILES string of the molecule is O=C(Nc1ccc2ncsc2c1)c1cc(C(=O)O)on1. The van der Waals surface area contributed by atoms with Crippen molar-refractivity contribution in [1.29, 1.82) is 0 Å². The first-order valence-electron chi connectivity index (χ1n) is 5.48. The molecule has 0 aliphatic carbocycles. The molecule has 0 atom stereocenters. The minimum Gasteiger partial charge on any atom is -0.475 e. The van der Waals surface area contributed by atoms with E-state index in [2.05, 4.69) is 20.0 Å². The van der Waals surface area contributed by atoms with Crippen LogP contribution < -0.4 is 5.32 Å². The number of carboxylic acid groups (broad SMARTS) is 1. The molecule has 0 bridgehead atoms. The van der Waals surface area contributed by atoms with Gasteiger partial charge < -0.3 is 14.9 Å². The Bertz CT molecular complexity index is 808. The molecule has 8 heteroatoms. The van der Waals surface area contributed by atoms with Gasteiger partial charge in [-0.15, -0.1) is 11.3 Å². The largest absolute Gasteiger partial charge is 0.475 e. The summed E-state index contributed by atoms with van der Waals surface area (Å²) in [6.45, 7) is 0. The lowest BCUT2D eigenvalue weighted by Gasteiger charge is -2.01. The second kappa shape index (κ2) is 4.74. The Kier molecular flexibility index (Phi) is 2.92. The zero-order chi connectivity index (χ0) is 14.1. The van der Waals surface area contributed by atoms with Crippen LogP contribution in [0.3, 0.4) is 0 Å². The van der Waals surface area contributed by atoms with Crippen molar-refractivity contribution in [3.05, 3.63) is 41.2 Å². The molecule has 0 unspecified atom stereocenters. The van der Waals surface area contributed by atoms with Crippen molar-refractivity contribution in [3.63, 3.8) is 0 Å². The van der Waals surface area contributed by atoms with Crippen molar-refractivity contribution in [1.82, 2.24) is 10.1 Å². The Morgan fingerprint density at radius 3 is 2.90 bits per heavy atom. The summed E-state index contributed by atoms with van der Waals surface area (Å²) < 4.78 is 5.46. The van der Waals surface area contributed by atoms with E-state index in [-0.39, 0.29) is 11.5 Å². The third-order valence-corrected chi connectivity index (χ3v) is 3.33. The number of aromatic carboxylic acids is 1. The van der Waals surface area contributed by atoms with Crippen LogP contribution in [-0.4, -0.2) is 27.1 Å². The van der Waals surface area contributed by atoms with Crippen LogP contribution in [0.4, 0.5) is 5.69 Å². The predicted octanol–water partition coefficient (Wildman–Crippen LogP) is 2.23. The van der Waals surface area contributed by atoms with E-state index in [9.17, 15) is 9.59 Å². The molecule has 0 radical (unpaired) electrons. The second-order valence-corrected chi connectivity index (χ2v) is 4.76. The van der Waals surface area contributed by atoms with Crippen molar-refractivity contribution in [2.75, 3.05) is 5.32 Å². The number of nitrogens with zero attached hydrogens (tertiary/aromatic N) is 2. The molecular formula is C12H7N3O4S. The molecule has 3 rings (SSSR count). The number of amides is 1. The highest BCUT2D eigenvalue weighted by Gasteiger charge is 2.16. The minimum atomic E-state index is -1.28. The normalized spacial score (nSPS) is 10.6. The third kappa shape index (κ3) is 2.24. The highest BCUT2D eigenvalue weighted by Crippen LogP contribution is 2.22. The van der Waals surface area contributed by atoms with Gasteiger partial charge in [0, 0.05) is 11.8 Å². The van der Waals surface area contributed by atoms with Crippen LogP contribution in [0.5, 0.6) is 0 Å². The predicted molar refractivity (Wildman–Crippen MR) is 71.0 cm³/mol. The summed E-state index contributed by atoms with van der Waals surface area (Å²) in [5.41, 5.74) is 3.05. The number of thiazole rings is 1. The molecule has 0 saturated heterocycles. The van der Waals surface area contributed by atoms with Crippen LogP contribution in [-0.2, 0) is 0 Å². The summed E-state index contributed by atoms with van der Waals surface area (Å²) in [7, 11) is 0. The van der Waals surface area contributed by atoms with Gasteiger partial charge in [0.25, 0.3) is 5.91 Å². The Balaban J connectivity index is 1.82. The average Bonchev–Trinajstić information content (AvgIpc) is 3.07. The molecule has 2 N–H and O–H groups in total. The number of nitrogens with one attached hydrogen (secondary N) is 1. The van der Waals surface area contributed by atoms with Gasteiger partial charge in [-0.05, 0) is 18.2 Å². The lowest BCUT2D eigenvalue weighted by atomic mass is 10.3. The smallest absolute Gasteiger partial charge is 0.374 e. The van der Waals surface area contributed by atoms with Crippen LogP contribution in [0, 0.1) is 0 Å². The third-order valence-electron chi connectivity index (χ3n) is 2.54. The number of carbonyl (C=O) groups is 2. The van der Waals surface area contributed by atoms with E-state index in [4.69, 9.17) is 5.11 Å². The lowest BCUT2D eigenvalue weighted by molar-refractivity contribution is 0.0651. The van der Waals surface area contributed by atoms with E-state index in [0.29, 0.717) is 5.69 Å². The number of benzene rings is 1. The molecule has 0 spiro atoms. The average molecular weight is 289 g/mol. The van der Waals surface area contributed by atoms with Gasteiger partial charge >= 0.3 is 5.97 Å². The van der Waals surface area contributed by atoms with Gasteiger partial charge in [-0.2, -0.15) is 0 Å². The first-order chi connectivity index (χ1) is 9.63. The van der Waals surface area contributed by atoms with Crippen molar-refractivity contribution in [2.45, 2.75) is 0 Å². The zero-order valence-corrected chi connectivity index (χ0v) is 10.7. The Hall–Kier alpha value is -2.74. The fourth-order valence-electron chi connectivity index (χ4n) is 1.61. The Labute approximate surface area is 115 Å². The van der Waals surface area contributed by atoms with Crippen LogP contribution in [0.2, 0.25) is 0 Å². The van der Waals surface area contributed by atoms with Crippen LogP contribution in [0.1, 0.15) is 21.0 Å². The molecule has 0 saturated carbocycles. The standard InChI is InChI=1S/C12H7N3O4S/c16-11(8-4-9(12(17)18)19-15-8)14-6-1-2-7-10(3-6)20-5-13-7/h1-5H,(H,14,16)(H,17,18). The quantitative estimate of drug-likeness (QED) is 0.766. The summed E-state index contributed by atoms with van der Waals surface area (Å²) in [6, 6.07) is 6.34. The van der Waals surface area contributed by atoms with Crippen molar-refractivity contribution < 1.29 is 19.2 Å². The van der Waals surface area contributed by atoms with Gasteiger partial charge in [-0.25, -0.2) is 9.78 Å². The topological polar surface area (TPSA) is 105 Å². The molecule has 100 valence electrons. The molecule has 0 aliphatic heterocycles. The lowest BCUT2D eigenvalue weighted by Crippen LogP contribution is -2.12. The Morgan fingerprint density at radius 2 is 2.15 bits per heavy atom. The summed E-state index contributed by atoms with van der Waals surface area (Å²) >= 11 is 1.46. The van der Waals surface area contributed by atoms with Crippen LogP contribution in [0.15, 0.2) is 34.3 Å². The van der Waals surface area contributed by atoms with Gasteiger partial charge in [-0.1, -0.05) is 5.16 Å². The van der Waals surface area contributed by atoms with Gasteiger partial charge in [0.15, 0.2) is 5.69 Å². The number of hydrogen-bond donors (Lipinski definition) is 2. The maximum Gasteiger partial charge on any atom is 0.374 e. The number of aromatic nitrogens is 2. The summed E-state index contributed by atoms with van der Waals surface area (Å²) in [5, 5.41) is 14.7. The van der Waals surface area contributed by atoms with E-state index < -0.39 is 11.9 Å². The number of carbonyl (C=O) groups excluding carboxylic acids is 1. The van der Waals surface area contributed by atoms with E-state index >= 15 is 0 Å². The molecule has 1 aromatic carbocycles.